The van der Waals surface area contributed by atoms with Crippen molar-refractivity contribution >= 4 is 5.91 Å². The van der Waals surface area contributed by atoms with Gasteiger partial charge in [0.05, 0.1) is 0 Å². The molecule has 19 heavy (non-hydrogen) atoms. The molecule has 0 radical (unpaired) electrons. The Morgan fingerprint density at radius 3 is 2.89 bits per heavy atom. The van der Waals surface area contributed by atoms with E-state index < -0.39 is 0 Å². The first-order chi connectivity index (χ1) is 9.33. The van der Waals surface area contributed by atoms with Gasteiger partial charge in [-0.2, -0.15) is 0 Å². The van der Waals surface area contributed by atoms with Crippen LogP contribution in [0.1, 0.15) is 29.5 Å². The van der Waals surface area contributed by atoms with Crippen molar-refractivity contribution in [2.75, 3.05) is 6.54 Å². The highest BCUT2D eigenvalue weighted by Gasteiger charge is 2.17. The van der Waals surface area contributed by atoms with E-state index in [0.717, 1.165) is 6.54 Å². The van der Waals surface area contributed by atoms with Gasteiger partial charge >= 0.3 is 0 Å². The van der Waals surface area contributed by atoms with Crippen LogP contribution in [0.2, 0.25) is 0 Å². The Morgan fingerprint density at radius 2 is 2.11 bits per heavy atom. The maximum atomic E-state index is 11.9. The minimum absolute atomic E-state index is 0.0615. The number of carbonyl (C=O) groups excluding carboxylic acids is 1. The van der Waals surface area contributed by atoms with Gasteiger partial charge in [-0.05, 0) is 42.4 Å². The lowest BCUT2D eigenvalue weighted by Crippen LogP contribution is -2.40. The Morgan fingerprint density at radius 1 is 1.26 bits per heavy atom. The third kappa shape index (κ3) is 2.87. The molecular formula is C16H20N2O. The second kappa shape index (κ2) is 5.57. The van der Waals surface area contributed by atoms with Gasteiger partial charge in [-0.15, -0.1) is 0 Å². The summed E-state index contributed by atoms with van der Waals surface area (Å²) >= 11 is 0. The van der Waals surface area contributed by atoms with Crippen molar-refractivity contribution in [3.8, 4) is 0 Å². The lowest BCUT2D eigenvalue weighted by atomic mass is 9.90. The number of hydrogen-bond acceptors (Lipinski definition) is 2. The second-order valence-electron chi connectivity index (χ2n) is 5.34. The Bertz CT molecular complexity index is 507. The second-order valence-corrected chi connectivity index (χ2v) is 5.34. The van der Waals surface area contributed by atoms with Gasteiger partial charge in [0, 0.05) is 13.1 Å². The van der Waals surface area contributed by atoms with E-state index in [1.807, 2.05) is 12.2 Å². The fourth-order valence-electron chi connectivity index (χ4n) is 2.84. The maximum Gasteiger partial charge on any atom is 0.241 e. The number of benzene rings is 1. The molecule has 3 heteroatoms. The highest BCUT2D eigenvalue weighted by atomic mass is 16.2. The van der Waals surface area contributed by atoms with Crippen LogP contribution in [0, 0.1) is 0 Å². The standard InChI is InChI=1S/C16H20N2O/c19-16(15-6-3-9-17-15)18-11-12-7-8-13-4-1-2-5-14(13)10-12/h3,6-8,10,15,17H,1-2,4-5,9,11H2,(H,18,19)/t15-/m0/s1. The average Bonchev–Trinajstić information content (AvgIpc) is 2.99. The van der Waals surface area contributed by atoms with E-state index in [0.29, 0.717) is 6.54 Å². The third-order valence-corrected chi connectivity index (χ3v) is 3.95. The molecule has 3 rings (SSSR count). The van der Waals surface area contributed by atoms with Crippen LogP contribution in [0.25, 0.3) is 0 Å². The van der Waals surface area contributed by atoms with Crippen molar-refractivity contribution in [1.82, 2.24) is 10.6 Å². The van der Waals surface area contributed by atoms with E-state index in [2.05, 4.69) is 28.8 Å². The summed E-state index contributed by atoms with van der Waals surface area (Å²) in [5.74, 6) is 0.0615. The smallest absolute Gasteiger partial charge is 0.241 e. The van der Waals surface area contributed by atoms with E-state index >= 15 is 0 Å². The quantitative estimate of drug-likeness (QED) is 0.808. The van der Waals surface area contributed by atoms with Gasteiger partial charge in [0.1, 0.15) is 6.04 Å². The normalized spacial score (nSPS) is 21.2. The molecule has 0 spiro atoms. The first-order valence-electron chi connectivity index (χ1n) is 7.11. The molecule has 1 aromatic carbocycles. The Kier molecular flexibility index (Phi) is 3.65. The predicted molar refractivity (Wildman–Crippen MR) is 75.9 cm³/mol. The zero-order valence-electron chi connectivity index (χ0n) is 11.1. The Hall–Kier alpha value is -1.61. The molecule has 0 unspecified atom stereocenters. The Balaban J connectivity index is 1.60. The number of nitrogens with one attached hydrogen (secondary N) is 2. The Labute approximate surface area is 114 Å². The van der Waals surface area contributed by atoms with E-state index in [1.165, 1.54) is 42.4 Å². The summed E-state index contributed by atoms with van der Waals surface area (Å²) in [7, 11) is 0. The minimum atomic E-state index is -0.155. The molecular weight excluding hydrogens is 236 g/mol. The topological polar surface area (TPSA) is 41.1 Å². The van der Waals surface area contributed by atoms with Crippen molar-refractivity contribution in [1.29, 1.82) is 0 Å². The highest BCUT2D eigenvalue weighted by Crippen LogP contribution is 2.22. The number of rotatable bonds is 3. The predicted octanol–water partition coefficient (Wildman–Crippen LogP) is 1.71. The SMILES string of the molecule is O=C(NCc1ccc2c(c1)CCCC2)[C@@H]1C=CCN1. The van der Waals surface area contributed by atoms with Gasteiger partial charge in [0.15, 0.2) is 0 Å². The summed E-state index contributed by atoms with van der Waals surface area (Å²) in [6, 6.07) is 6.47. The van der Waals surface area contributed by atoms with Crippen LogP contribution < -0.4 is 10.6 Å². The number of amides is 1. The lowest BCUT2D eigenvalue weighted by molar-refractivity contribution is -0.122. The van der Waals surface area contributed by atoms with Crippen molar-refractivity contribution in [3.05, 3.63) is 47.0 Å². The van der Waals surface area contributed by atoms with Gasteiger partial charge in [-0.1, -0.05) is 30.4 Å². The molecule has 1 amide bonds. The van der Waals surface area contributed by atoms with Crippen molar-refractivity contribution < 1.29 is 4.79 Å². The third-order valence-electron chi connectivity index (χ3n) is 3.95. The number of carbonyl (C=O) groups is 1. The molecule has 1 aromatic rings. The summed E-state index contributed by atoms with van der Waals surface area (Å²) in [5.41, 5.74) is 4.16. The van der Waals surface area contributed by atoms with E-state index in [4.69, 9.17) is 0 Å². The first-order valence-corrected chi connectivity index (χ1v) is 7.11. The molecule has 0 bridgehead atoms. The molecule has 1 atom stereocenters. The maximum absolute atomic E-state index is 11.9. The summed E-state index contributed by atoms with van der Waals surface area (Å²) in [6.07, 6.45) is 8.90. The molecule has 2 N–H and O–H groups in total. The minimum Gasteiger partial charge on any atom is -0.350 e. The van der Waals surface area contributed by atoms with Crippen LogP contribution in [-0.2, 0) is 24.2 Å². The van der Waals surface area contributed by atoms with Crippen LogP contribution in [-0.4, -0.2) is 18.5 Å². The van der Waals surface area contributed by atoms with Crippen molar-refractivity contribution in [2.45, 2.75) is 38.3 Å². The molecule has 0 aromatic heterocycles. The highest BCUT2D eigenvalue weighted by molar-refractivity contribution is 5.84. The number of fused-ring (bicyclic) bond motifs is 1. The fraction of sp³-hybridized carbons (Fsp3) is 0.438. The lowest BCUT2D eigenvalue weighted by Gasteiger charge is -2.17. The van der Waals surface area contributed by atoms with Crippen molar-refractivity contribution in [3.63, 3.8) is 0 Å². The van der Waals surface area contributed by atoms with Crippen molar-refractivity contribution in [2.24, 2.45) is 0 Å². The van der Waals surface area contributed by atoms with Crippen LogP contribution in [0.15, 0.2) is 30.4 Å². The van der Waals surface area contributed by atoms with Gasteiger partial charge in [-0.3, -0.25) is 10.1 Å². The molecule has 1 aliphatic heterocycles. The zero-order chi connectivity index (χ0) is 13.1. The van der Waals surface area contributed by atoms with Gasteiger partial charge in [0.25, 0.3) is 0 Å². The zero-order valence-corrected chi connectivity index (χ0v) is 11.1. The molecule has 0 saturated carbocycles. The number of hydrogen-bond donors (Lipinski definition) is 2. The van der Waals surface area contributed by atoms with Crippen LogP contribution in [0.3, 0.4) is 0 Å². The molecule has 2 aliphatic rings. The molecule has 3 nitrogen and oxygen atoms in total. The van der Waals surface area contributed by atoms with Gasteiger partial charge in [0.2, 0.25) is 5.91 Å². The summed E-state index contributed by atoms with van der Waals surface area (Å²) in [6.45, 7) is 1.41. The van der Waals surface area contributed by atoms with Crippen LogP contribution in [0.4, 0.5) is 0 Å². The summed E-state index contributed by atoms with van der Waals surface area (Å²) in [4.78, 5) is 11.9. The average molecular weight is 256 g/mol. The molecule has 100 valence electrons. The summed E-state index contributed by atoms with van der Waals surface area (Å²) in [5, 5.41) is 6.11. The summed E-state index contributed by atoms with van der Waals surface area (Å²) < 4.78 is 0. The van der Waals surface area contributed by atoms with Crippen LogP contribution >= 0.6 is 0 Å². The molecule has 1 heterocycles. The first kappa shape index (κ1) is 12.4. The van der Waals surface area contributed by atoms with Gasteiger partial charge < -0.3 is 5.32 Å². The van der Waals surface area contributed by atoms with E-state index in [1.54, 1.807) is 0 Å². The van der Waals surface area contributed by atoms with E-state index in [-0.39, 0.29) is 11.9 Å². The fourth-order valence-corrected chi connectivity index (χ4v) is 2.84. The largest absolute Gasteiger partial charge is 0.350 e. The van der Waals surface area contributed by atoms with Crippen LogP contribution in [0.5, 0.6) is 0 Å². The number of aryl methyl sites for hydroxylation is 2. The van der Waals surface area contributed by atoms with E-state index in [9.17, 15) is 4.79 Å². The van der Waals surface area contributed by atoms with Gasteiger partial charge in [-0.25, -0.2) is 0 Å². The monoisotopic (exact) mass is 256 g/mol. The molecule has 0 fully saturated rings. The molecule has 1 aliphatic carbocycles. The molecule has 0 saturated heterocycles.